The van der Waals surface area contributed by atoms with E-state index >= 15 is 0 Å². The Morgan fingerprint density at radius 2 is 2.20 bits per heavy atom. The van der Waals surface area contributed by atoms with Crippen molar-refractivity contribution in [2.75, 3.05) is 18.1 Å². The second kappa shape index (κ2) is 5.74. The van der Waals surface area contributed by atoms with Gasteiger partial charge in [-0.25, -0.2) is 14.6 Å². The number of nitrogens with one attached hydrogen (secondary N) is 1. The van der Waals surface area contributed by atoms with E-state index in [0.29, 0.717) is 12.2 Å². The van der Waals surface area contributed by atoms with Crippen LogP contribution >= 0.6 is 0 Å². The normalized spacial score (nSPS) is 18.6. The van der Waals surface area contributed by atoms with Crippen molar-refractivity contribution in [2.24, 2.45) is 5.41 Å². The van der Waals surface area contributed by atoms with E-state index in [1.807, 2.05) is 12.3 Å². The molecule has 7 heteroatoms. The summed E-state index contributed by atoms with van der Waals surface area (Å²) in [5, 5.41) is 22.6. The van der Waals surface area contributed by atoms with Gasteiger partial charge in [0.25, 0.3) is 0 Å². The maximum Gasteiger partial charge on any atom is 0.157 e. The van der Waals surface area contributed by atoms with Crippen LogP contribution in [0, 0.1) is 16.7 Å². The van der Waals surface area contributed by atoms with Gasteiger partial charge >= 0.3 is 0 Å². The van der Waals surface area contributed by atoms with E-state index in [1.165, 1.54) is 0 Å². The highest BCUT2D eigenvalue weighted by Crippen LogP contribution is 2.35. The quantitative estimate of drug-likeness (QED) is 0.765. The largest absolute Gasteiger partial charge is 0.385 e. The summed E-state index contributed by atoms with van der Waals surface area (Å²) < 4.78 is 2.06. The molecule has 0 amide bonds. The summed E-state index contributed by atoms with van der Waals surface area (Å²) in [6.07, 6.45) is 5.42. The number of fused-ring (bicyclic) bond motifs is 3. The van der Waals surface area contributed by atoms with Gasteiger partial charge in [-0.05, 0) is 31.2 Å². The standard InChI is InChI=1S/C18H22N6O/c1-12(25)17-22-14-11-21-16-13(3-8-20-16)15(14)24(17)23-9-5-18(2,4-7-19)6-10-23/h3,8,11-12,25H,4-6,9-10H2,1-2H3,(H,20,21)/t12-/m1/s1. The number of aliphatic hydroxyl groups is 1. The summed E-state index contributed by atoms with van der Waals surface area (Å²) >= 11 is 0. The molecule has 0 aliphatic carbocycles. The zero-order valence-corrected chi connectivity index (χ0v) is 14.5. The van der Waals surface area contributed by atoms with E-state index in [9.17, 15) is 5.11 Å². The molecule has 4 heterocycles. The average molecular weight is 338 g/mol. The Balaban J connectivity index is 1.82. The van der Waals surface area contributed by atoms with Crippen LogP contribution in [0.3, 0.4) is 0 Å². The molecule has 0 radical (unpaired) electrons. The number of hydrogen-bond donors (Lipinski definition) is 2. The van der Waals surface area contributed by atoms with Crippen molar-refractivity contribution in [3.05, 3.63) is 24.3 Å². The fraction of sp³-hybridized carbons (Fsp3) is 0.500. The first-order valence-electron chi connectivity index (χ1n) is 8.67. The Morgan fingerprint density at radius 1 is 1.44 bits per heavy atom. The summed E-state index contributed by atoms with van der Waals surface area (Å²) in [6, 6.07) is 4.32. The van der Waals surface area contributed by atoms with E-state index in [-0.39, 0.29) is 5.41 Å². The molecule has 3 aromatic rings. The molecule has 7 nitrogen and oxygen atoms in total. The first kappa shape index (κ1) is 15.9. The molecule has 0 aromatic carbocycles. The van der Waals surface area contributed by atoms with Gasteiger partial charge in [0.15, 0.2) is 5.82 Å². The molecule has 0 spiro atoms. The van der Waals surface area contributed by atoms with Gasteiger partial charge in [0.1, 0.15) is 22.8 Å². The van der Waals surface area contributed by atoms with Crippen LogP contribution in [0.4, 0.5) is 0 Å². The SMILES string of the molecule is C[C@@H](O)c1nc2cnc3[nH]ccc3c2n1N1CCC(C)(CC#N)CC1. The van der Waals surface area contributed by atoms with E-state index in [0.717, 1.165) is 48.0 Å². The maximum absolute atomic E-state index is 10.3. The summed E-state index contributed by atoms with van der Waals surface area (Å²) in [6.45, 7) is 5.59. The highest BCUT2D eigenvalue weighted by atomic mass is 16.3. The molecule has 0 bridgehead atoms. The van der Waals surface area contributed by atoms with Crippen LogP contribution in [0.5, 0.6) is 0 Å². The number of nitrogens with zero attached hydrogens (tertiary/aromatic N) is 5. The molecule has 2 N–H and O–H groups in total. The predicted octanol–water partition coefficient (Wildman–Crippen LogP) is 2.62. The van der Waals surface area contributed by atoms with Crippen LogP contribution in [0.15, 0.2) is 18.5 Å². The van der Waals surface area contributed by atoms with Crippen LogP contribution < -0.4 is 5.01 Å². The lowest BCUT2D eigenvalue weighted by atomic mass is 9.78. The van der Waals surface area contributed by atoms with Gasteiger partial charge in [0.05, 0.1) is 12.3 Å². The summed E-state index contributed by atoms with van der Waals surface area (Å²) in [5.74, 6) is 0.634. The van der Waals surface area contributed by atoms with E-state index in [4.69, 9.17) is 5.26 Å². The van der Waals surface area contributed by atoms with Crippen molar-refractivity contribution in [2.45, 2.75) is 39.2 Å². The van der Waals surface area contributed by atoms with Gasteiger partial charge < -0.3 is 15.1 Å². The second-order valence-electron chi connectivity index (χ2n) is 7.29. The number of H-pyrrole nitrogens is 1. The Morgan fingerprint density at radius 3 is 2.88 bits per heavy atom. The van der Waals surface area contributed by atoms with Gasteiger partial charge in [-0.15, -0.1) is 0 Å². The molecule has 1 aliphatic rings. The fourth-order valence-corrected chi connectivity index (χ4v) is 3.73. The summed E-state index contributed by atoms with van der Waals surface area (Å²) in [5.41, 5.74) is 2.65. The molecule has 4 rings (SSSR count). The van der Waals surface area contributed by atoms with Gasteiger partial charge in [0, 0.05) is 31.1 Å². The monoisotopic (exact) mass is 338 g/mol. The second-order valence-corrected chi connectivity index (χ2v) is 7.29. The molecular weight excluding hydrogens is 316 g/mol. The van der Waals surface area contributed by atoms with Crippen molar-refractivity contribution < 1.29 is 5.11 Å². The van der Waals surface area contributed by atoms with Crippen molar-refractivity contribution in [1.29, 1.82) is 5.26 Å². The molecule has 1 saturated heterocycles. The molecule has 130 valence electrons. The molecule has 1 aliphatic heterocycles. The Bertz CT molecular complexity index is 955. The number of hydrogen-bond acceptors (Lipinski definition) is 5. The van der Waals surface area contributed by atoms with E-state index in [2.05, 4.69) is 37.6 Å². The summed E-state index contributed by atoms with van der Waals surface area (Å²) in [7, 11) is 0. The lowest BCUT2D eigenvalue weighted by Gasteiger charge is -2.40. The maximum atomic E-state index is 10.3. The Hall–Kier alpha value is -2.59. The van der Waals surface area contributed by atoms with Crippen LogP contribution in [0.1, 0.15) is 45.0 Å². The van der Waals surface area contributed by atoms with Gasteiger partial charge in [-0.2, -0.15) is 5.26 Å². The number of nitriles is 1. The first-order valence-corrected chi connectivity index (χ1v) is 8.67. The number of piperidine rings is 1. The zero-order chi connectivity index (χ0) is 17.6. The van der Waals surface area contributed by atoms with Crippen LogP contribution in [0.25, 0.3) is 22.1 Å². The third-order valence-corrected chi connectivity index (χ3v) is 5.31. The molecule has 1 atom stereocenters. The molecule has 0 unspecified atom stereocenters. The number of pyridine rings is 1. The number of aromatic amines is 1. The number of aromatic nitrogens is 4. The topological polar surface area (TPSA) is 93.8 Å². The van der Waals surface area contributed by atoms with Crippen LogP contribution in [-0.2, 0) is 0 Å². The molecule has 0 saturated carbocycles. The fourth-order valence-electron chi connectivity index (χ4n) is 3.73. The smallest absolute Gasteiger partial charge is 0.157 e. The van der Waals surface area contributed by atoms with Gasteiger partial charge in [0.2, 0.25) is 0 Å². The Labute approximate surface area is 145 Å². The number of aliphatic hydroxyl groups excluding tert-OH is 1. The lowest BCUT2D eigenvalue weighted by Crippen LogP contribution is -2.45. The van der Waals surface area contributed by atoms with Crippen LogP contribution in [0.2, 0.25) is 0 Å². The molecule has 3 aromatic heterocycles. The van der Waals surface area contributed by atoms with Gasteiger partial charge in [-0.3, -0.25) is 0 Å². The van der Waals surface area contributed by atoms with Crippen molar-refractivity contribution in [1.82, 2.24) is 19.6 Å². The summed E-state index contributed by atoms with van der Waals surface area (Å²) in [4.78, 5) is 12.2. The third-order valence-electron chi connectivity index (χ3n) is 5.31. The Kier molecular flexibility index (Phi) is 3.65. The number of imidazole rings is 1. The lowest BCUT2D eigenvalue weighted by molar-refractivity contribution is 0.178. The minimum absolute atomic E-state index is 0.0671. The van der Waals surface area contributed by atoms with Gasteiger partial charge in [-0.1, -0.05) is 6.92 Å². The van der Waals surface area contributed by atoms with E-state index < -0.39 is 6.10 Å². The van der Waals surface area contributed by atoms with Crippen molar-refractivity contribution in [3.63, 3.8) is 0 Å². The van der Waals surface area contributed by atoms with Crippen LogP contribution in [-0.4, -0.2) is 37.8 Å². The zero-order valence-electron chi connectivity index (χ0n) is 14.5. The highest BCUT2D eigenvalue weighted by molar-refractivity contribution is 6.01. The highest BCUT2D eigenvalue weighted by Gasteiger charge is 2.32. The molecular formula is C18H22N6O. The first-order chi connectivity index (χ1) is 12.0. The minimum atomic E-state index is -0.672. The number of rotatable bonds is 3. The average Bonchev–Trinajstić information content (AvgIpc) is 3.19. The minimum Gasteiger partial charge on any atom is -0.385 e. The van der Waals surface area contributed by atoms with Crippen molar-refractivity contribution in [3.8, 4) is 6.07 Å². The molecule has 25 heavy (non-hydrogen) atoms. The van der Waals surface area contributed by atoms with E-state index in [1.54, 1.807) is 13.1 Å². The molecule has 1 fully saturated rings. The predicted molar refractivity (Wildman–Crippen MR) is 95.5 cm³/mol. The third kappa shape index (κ3) is 2.53. The van der Waals surface area contributed by atoms with Crippen molar-refractivity contribution >= 4 is 22.1 Å².